The van der Waals surface area contributed by atoms with Crippen LogP contribution >= 0.6 is 0 Å². The average molecular weight is 526 g/mol. The maximum absolute atomic E-state index is 14.7. The Bertz CT molecular complexity index is 1330. The van der Waals surface area contributed by atoms with Gasteiger partial charge in [0.1, 0.15) is 29.4 Å². The summed E-state index contributed by atoms with van der Waals surface area (Å²) < 4.78 is 25.9. The molecule has 2 saturated carbocycles. The molecule has 2 aromatic heterocycles. The van der Waals surface area contributed by atoms with Crippen molar-refractivity contribution in [3.63, 3.8) is 0 Å². The molecular weight excluding hydrogens is 493 g/mol. The van der Waals surface area contributed by atoms with Crippen LogP contribution in [0, 0.1) is 11.7 Å². The number of nitrogens with one attached hydrogen (secondary N) is 3. The van der Waals surface area contributed by atoms with E-state index in [4.69, 9.17) is 9.47 Å². The molecule has 2 heterocycles. The maximum atomic E-state index is 14.7. The Kier molecular flexibility index (Phi) is 7.46. The molecule has 2 aliphatic carbocycles. The smallest absolute Gasteiger partial charge is 0.255 e. The Labute approximate surface area is 219 Å². The van der Waals surface area contributed by atoms with Crippen LogP contribution in [0.15, 0.2) is 24.7 Å². The van der Waals surface area contributed by atoms with Crippen LogP contribution < -0.4 is 20.1 Å². The third-order valence-electron chi connectivity index (χ3n) is 7.18. The molecule has 0 spiro atoms. The topological polar surface area (TPSA) is 138 Å². The molecule has 202 valence electrons. The van der Waals surface area contributed by atoms with E-state index in [2.05, 4.69) is 25.6 Å². The summed E-state index contributed by atoms with van der Waals surface area (Å²) in [5.74, 6) is -0.174. The fourth-order valence-corrected chi connectivity index (χ4v) is 4.77. The third-order valence-corrected chi connectivity index (χ3v) is 7.18. The van der Waals surface area contributed by atoms with Gasteiger partial charge >= 0.3 is 0 Å². The molecule has 0 aliphatic heterocycles. The number of rotatable bonds is 9. The van der Waals surface area contributed by atoms with Crippen molar-refractivity contribution >= 4 is 22.8 Å². The van der Waals surface area contributed by atoms with Gasteiger partial charge in [-0.3, -0.25) is 9.59 Å². The number of fused-ring (bicyclic) bond motifs is 1. The first-order chi connectivity index (χ1) is 18.3. The lowest BCUT2D eigenvalue weighted by Crippen LogP contribution is -2.45. The fraction of sp³-hybridized carbons (Fsp3) is 0.481. The fourth-order valence-electron chi connectivity index (χ4n) is 4.77. The number of ether oxygens (including phenoxy) is 2. The zero-order valence-corrected chi connectivity index (χ0v) is 21.4. The number of halogens is 1. The summed E-state index contributed by atoms with van der Waals surface area (Å²) in [6.45, 7) is 1.96. The molecule has 3 aromatic rings. The molecule has 5 rings (SSSR count). The van der Waals surface area contributed by atoms with Crippen molar-refractivity contribution in [3.8, 4) is 22.8 Å². The predicted octanol–water partition coefficient (Wildman–Crippen LogP) is 3.10. The molecule has 2 amide bonds. The number of aromatic nitrogens is 3. The molecule has 4 N–H and O–H groups in total. The van der Waals surface area contributed by atoms with Gasteiger partial charge in [-0.2, -0.15) is 0 Å². The van der Waals surface area contributed by atoms with Crippen LogP contribution in [-0.2, 0) is 4.79 Å². The first-order valence-electron chi connectivity index (χ1n) is 13.0. The number of aliphatic hydroxyl groups excluding tert-OH is 1. The highest BCUT2D eigenvalue weighted by Gasteiger charge is 2.27. The van der Waals surface area contributed by atoms with E-state index < -0.39 is 11.9 Å². The monoisotopic (exact) mass is 525 g/mol. The largest absolute Gasteiger partial charge is 0.494 e. The standard InChI is InChI=1S/C27H32FN5O5/c1-14(34)26(35)32-16-5-7-17(8-6-16)33-27(36)19-11-29-25-23(30-13-31-24(19)25)18-9-20(28)22(37-2)10-21(18)38-12-15-3-4-15/h9-11,13-17,29,34H,3-8,12H2,1-2H3,(H,32,35)(H,33,36)/t14-,16?,17?/m0/s1. The van der Waals surface area contributed by atoms with Gasteiger partial charge in [-0.1, -0.05) is 0 Å². The Morgan fingerprint density at radius 1 is 1.11 bits per heavy atom. The van der Waals surface area contributed by atoms with Crippen molar-refractivity contribution in [3.05, 3.63) is 36.0 Å². The zero-order valence-electron chi connectivity index (χ0n) is 21.4. The van der Waals surface area contributed by atoms with Crippen molar-refractivity contribution in [2.45, 2.75) is 63.6 Å². The van der Waals surface area contributed by atoms with E-state index in [1.807, 2.05) is 0 Å². The summed E-state index contributed by atoms with van der Waals surface area (Å²) in [6.07, 6.45) is 6.92. The minimum atomic E-state index is -1.04. The predicted molar refractivity (Wildman–Crippen MR) is 137 cm³/mol. The number of hydrogen-bond donors (Lipinski definition) is 4. The quantitative estimate of drug-likeness (QED) is 0.337. The van der Waals surface area contributed by atoms with Crippen LogP contribution in [-0.4, -0.2) is 63.8 Å². The highest BCUT2D eigenvalue weighted by molar-refractivity contribution is 6.08. The van der Waals surface area contributed by atoms with Crippen LogP contribution in [0.1, 0.15) is 55.8 Å². The van der Waals surface area contributed by atoms with Crippen molar-refractivity contribution in [1.29, 1.82) is 0 Å². The number of carbonyl (C=O) groups is 2. The third kappa shape index (κ3) is 5.57. The number of benzene rings is 1. The number of aliphatic hydroxyl groups is 1. The summed E-state index contributed by atoms with van der Waals surface area (Å²) in [7, 11) is 1.40. The number of amides is 2. The van der Waals surface area contributed by atoms with E-state index in [0.717, 1.165) is 12.8 Å². The number of nitrogens with zero attached hydrogens (tertiary/aromatic N) is 2. The SMILES string of the molecule is COc1cc(OCC2CC2)c(-c2ncnc3c(C(=O)NC4CCC(NC(=O)[C@H](C)O)CC4)c[nH]c23)cc1F. The highest BCUT2D eigenvalue weighted by Crippen LogP contribution is 2.39. The minimum Gasteiger partial charge on any atom is -0.494 e. The number of carbonyl (C=O) groups excluding carboxylic acids is 2. The Balaban J connectivity index is 1.34. The number of methoxy groups -OCH3 is 1. The molecule has 10 nitrogen and oxygen atoms in total. The van der Waals surface area contributed by atoms with Crippen LogP contribution in [0.2, 0.25) is 0 Å². The molecule has 0 radical (unpaired) electrons. The first kappa shape index (κ1) is 25.9. The molecule has 1 atom stereocenters. The lowest BCUT2D eigenvalue weighted by Gasteiger charge is -2.29. The summed E-state index contributed by atoms with van der Waals surface area (Å²) >= 11 is 0. The molecule has 38 heavy (non-hydrogen) atoms. The van der Waals surface area contributed by atoms with Gasteiger partial charge < -0.3 is 30.2 Å². The summed E-state index contributed by atoms with van der Waals surface area (Å²) in [4.78, 5) is 36.8. The number of H-pyrrole nitrogens is 1. The van der Waals surface area contributed by atoms with Gasteiger partial charge in [0.05, 0.1) is 24.8 Å². The van der Waals surface area contributed by atoms with Crippen molar-refractivity contribution < 1.29 is 28.6 Å². The normalized spacial score (nSPS) is 20.1. The van der Waals surface area contributed by atoms with Gasteiger partial charge in [-0.05, 0) is 57.4 Å². The second kappa shape index (κ2) is 10.9. The molecule has 0 unspecified atom stereocenters. The first-order valence-corrected chi connectivity index (χ1v) is 13.0. The van der Waals surface area contributed by atoms with Gasteiger partial charge in [0, 0.05) is 29.9 Å². The molecule has 1 aromatic carbocycles. The second-order valence-corrected chi connectivity index (χ2v) is 10.1. The Hall–Kier alpha value is -3.73. The van der Waals surface area contributed by atoms with Crippen LogP contribution in [0.5, 0.6) is 11.5 Å². The van der Waals surface area contributed by atoms with Crippen LogP contribution in [0.25, 0.3) is 22.3 Å². The molecule has 0 bridgehead atoms. The molecule has 2 fully saturated rings. The van der Waals surface area contributed by atoms with Crippen LogP contribution in [0.3, 0.4) is 0 Å². The summed E-state index contributed by atoms with van der Waals surface area (Å²) in [6, 6.07) is 2.79. The van der Waals surface area contributed by atoms with E-state index in [-0.39, 0.29) is 29.6 Å². The lowest BCUT2D eigenvalue weighted by molar-refractivity contribution is -0.129. The van der Waals surface area contributed by atoms with Gasteiger partial charge in [0.2, 0.25) is 5.91 Å². The van der Waals surface area contributed by atoms with E-state index in [1.54, 1.807) is 6.20 Å². The molecular formula is C27H32FN5O5. The molecule has 2 aliphatic rings. The number of hydrogen-bond acceptors (Lipinski definition) is 7. The van der Waals surface area contributed by atoms with E-state index >= 15 is 0 Å². The van der Waals surface area contributed by atoms with E-state index in [9.17, 15) is 19.1 Å². The van der Waals surface area contributed by atoms with Crippen LogP contribution in [0.4, 0.5) is 4.39 Å². The summed E-state index contributed by atoms with van der Waals surface area (Å²) in [5.41, 5.74) is 2.17. The molecule has 11 heteroatoms. The Morgan fingerprint density at radius 2 is 1.82 bits per heavy atom. The van der Waals surface area contributed by atoms with Gasteiger partial charge in [0.15, 0.2) is 11.6 Å². The van der Waals surface area contributed by atoms with Crippen molar-refractivity contribution in [2.75, 3.05) is 13.7 Å². The number of aromatic amines is 1. The van der Waals surface area contributed by atoms with Gasteiger partial charge in [-0.15, -0.1) is 0 Å². The van der Waals surface area contributed by atoms with E-state index in [1.165, 1.54) is 32.5 Å². The van der Waals surface area contributed by atoms with Crippen molar-refractivity contribution in [1.82, 2.24) is 25.6 Å². The van der Waals surface area contributed by atoms with Gasteiger partial charge in [0.25, 0.3) is 5.91 Å². The van der Waals surface area contributed by atoms with Crippen molar-refractivity contribution in [2.24, 2.45) is 5.92 Å². The highest BCUT2D eigenvalue weighted by atomic mass is 19.1. The van der Waals surface area contributed by atoms with E-state index in [0.29, 0.717) is 71.8 Å². The minimum absolute atomic E-state index is 0.0186. The van der Waals surface area contributed by atoms with Gasteiger partial charge in [-0.25, -0.2) is 14.4 Å². The second-order valence-electron chi connectivity index (χ2n) is 10.1. The Morgan fingerprint density at radius 3 is 2.47 bits per heavy atom. The molecule has 0 saturated heterocycles. The average Bonchev–Trinajstić information content (AvgIpc) is 3.64. The summed E-state index contributed by atoms with van der Waals surface area (Å²) in [5, 5.41) is 15.3. The maximum Gasteiger partial charge on any atom is 0.255 e. The lowest BCUT2D eigenvalue weighted by atomic mass is 9.91. The zero-order chi connectivity index (χ0) is 26.8.